The average Bonchev–Trinajstić information content (AvgIpc) is 2.59. The first-order chi connectivity index (χ1) is 7.72. The Labute approximate surface area is 95.7 Å². The largest absolute Gasteiger partial charge is 0.346 e. The molecule has 0 saturated heterocycles. The molecule has 1 heterocycles. The minimum absolute atomic E-state index is 0.666. The van der Waals surface area contributed by atoms with Crippen molar-refractivity contribution in [3.05, 3.63) is 41.3 Å². The molecule has 0 atom stereocenters. The lowest BCUT2D eigenvalue weighted by Crippen LogP contribution is -2.04. The van der Waals surface area contributed by atoms with Gasteiger partial charge in [-0.15, -0.1) is 0 Å². The number of imidazole rings is 1. The van der Waals surface area contributed by atoms with Crippen LogP contribution in [0.25, 0.3) is 11.3 Å². The van der Waals surface area contributed by atoms with Gasteiger partial charge < -0.3 is 10.7 Å². The van der Waals surface area contributed by atoms with E-state index in [1.165, 1.54) is 11.1 Å². The minimum Gasteiger partial charge on any atom is -0.346 e. The Kier molecular flexibility index (Phi) is 3.06. The van der Waals surface area contributed by atoms with Gasteiger partial charge in [0.25, 0.3) is 0 Å². The number of nitrogens with zero attached hydrogens (tertiary/aromatic N) is 1. The molecule has 0 amide bonds. The van der Waals surface area contributed by atoms with E-state index in [1.807, 2.05) is 19.1 Å². The molecule has 0 radical (unpaired) electrons. The Morgan fingerprint density at radius 1 is 1.25 bits per heavy atom. The normalized spacial score (nSPS) is 10.7. The van der Waals surface area contributed by atoms with E-state index in [-0.39, 0.29) is 0 Å². The van der Waals surface area contributed by atoms with E-state index in [0.29, 0.717) is 6.54 Å². The zero-order valence-electron chi connectivity index (χ0n) is 9.75. The number of aryl methyl sites for hydroxylation is 2. The van der Waals surface area contributed by atoms with Crippen LogP contribution in [0.4, 0.5) is 0 Å². The van der Waals surface area contributed by atoms with Crippen LogP contribution in [0, 0.1) is 13.8 Å². The van der Waals surface area contributed by atoms with Crippen LogP contribution in [-0.2, 0) is 6.42 Å². The molecule has 0 aliphatic heterocycles. The van der Waals surface area contributed by atoms with Crippen molar-refractivity contribution in [2.45, 2.75) is 20.3 Å². The Hall–Kier alpha value is -1.61. The molecule has 1 aromatic carbocycles. The lowest BCUT2D eigenvalue weighted by molar-refractivity contribution is 0.969. The molecule has 1 aromatic heterocycles. The molecule has 0 saturated carbocycles. The first kappa shape index (κ1) is 10.9. The summed E-state index contributed by atoms with van der Waals surface area (Å²) in [5.41, 5.74) is 10.2. The first-order valence-corrected chi connectivity index (χ1v) is 5.54. The van der Waals surface area contributed by atoms with E-state index < -0.39 is 0 Å². The first-order valence-electron chi connectivity index (χ1n) is 5.54. The Bertz CT molecular complexity index is 486. The van der Waals surface area contributed by atoms with Crippen LogP contribution in [-0.4, -0.2) is 16.5 Å². The smallest absolute Gasteiger partial charge is 0.103 e. The Morgan fingerprint density at radius 3 is 2.62 bits per heavy atom. The van der Waals surface area contributed by atoms with Crippen molar-refractivity contribution in [3.8, 4) is 11.3 Å². The van der Waals surface area contributed by atoms with Crippen molar-refractivity contribution in [2.75, 3.05) is 6.54 Å². The lowest BCUT2D eigenvalue weighted by Gasteiger charge is -2.06. The summed E-state index contributed by atoms with van der Waals surface area (Å²) in [6, 6.07) is 8.31. The van der Waals surface area contributed by atoms with Crippen LogP contribution in [0.1, 0.15) is 17.1 Å². The molecule has 3 heteroatoms. The number of hydrogen-bond acceptors (Lipinski definition) is 2. The van der Waals surface area contributed by atoms with Gasteiger partial charge in [0, 0.05) is 11.3 Å². The van der Waals surface area contributed by atoms with Crippen molar-refractivity contribution in [1.82, 2.24) is 9.97 Å². The third-order valence-corrected chi connectivity index (χ3v) is 2.69. The number of benzene rings is 1. The fraction of sp³-hybridized carbons (Fsp3) is 0.308. The highest BCUT2D eigenvalue weighted by molar-refractivity contribution is 5.66. The van der Waals surface area contributed by atoms with Gasteiger partial charge in [0.2, 0.25) is 0 Å². The molecule has 2 aromatic rings. The number of hydrogen-bond donors (Lipinski definition) is 2. The molecule has 3 nitrogen and oxygen atoms in total. The molecule has 0 unspecified atom stereocenters. The van der Waals surface area contributed by atoms with Gasteiger partial charge in [0.1, 0.15) is 5.82 Å². The highest BCUT2D eigenvalue weighted by Gasteiger charge is 2.10. The Balaban J connectivity index is 2.50. The maximum atomic E-state index is 5.62. The maximum absolute atomic E-state index is 5.62. The number of rotatable bonds is 3. The van der Waals surface area contributed by atoms with Gasteiger partial charge in [-0.3, -0.25) is 0 Å². The van der Waals surface area contributed by atoms with E-state index in [0.717, 1.165) is 23.6 Å². The summed E-state index contributed by atoms with van der Waals surface area (Å²) in [5.74, 6) is 0.954. The van der Waals surface area contributed by atoms with Gasteiger partial charge in [-0.2, -0.15) is 0 Å². The second-order valence-electron chi connectivity index (χ2n) is 3.99. The summed E-state index contributed by atoms with van der Waals surface area (Å²) in [7, 11) is 0. The number of aromatic amines is 1. The topological polar surface area (TPSA) is 54.7 Å². The number of aromatic nitrogens is 2. The molecule has 0 aliphatic carbocycles. The third-order valence-electron chi connectivity index (χ3n) is 2.69. The van der Waals surface area contributed by atoms with Crippen LogP contribution >= 0.6 is 0 Å². The van der Waals surface area contributed by atoms with Crippen molar-refractivity contribution in [2.24, 2.45) is 5.73 Å². The van der Waals surface area contributed by atoms with Crippen molar-refractivity contribution < 1.29 is 0 Å². The second-order valence-corrected chi connectivity index (χ2v) is 3.99. The van der Waals surface area contributed by atoms with E-state index in [2.05, 4.69) is 29.0 Å². The molecule has 2 rings (SSSR count). The second kappa shape index (κ2) is 4.49. The zero-order chi connectivity index (χ0) is 11.5. The molecule has 84 valence electrons. The van der Waals surface area contributed by atoms with E-state index >= 15 is 0 Å². The van der Waals surface area contributed by atoms with Gasteiger partial charge in [0.05, 0.1) is 5.69 Å². The lowest BCUT2D eigenvalue weighted by atomic mass is 10.0. The molecule has 0 fully saturated rings. The van der Waals surface area contributed by atoms with E-state index in [4.69, 9.17) is 5.73 Å². The van der Waals surface area contributed by atoms with Crippen LogP contribution in [0.2, 0.25) is 0 Å². The molecule has 0 aliphatic rings. The summed E-state index contributed by atoms with van der Waals surface area (Å²) in [6.07, 6.45) is 0.890. The standard InChI is InChI=1S/C13H17N3/c1-9-13(16-10(2)15-9)12-6-4-3-5-11(12)7-8-14/h3-6H,7-8,14H2,1-2H3,(H,15,16). The summed E-state index contributed by atoms with van der Waals surface area (Å²) in [4.78, 5) is 7.76. The summed E-state index contributed by atoms with van der Waals surface area (Å²) < 4.78 is 0. The summed E-state index contributed by atoms with van der Waals surface area (Å²) in [5, 5.41) is 0. The molecule has 16 heavy (non-hydrogen) atoms. The average molecular weight is 215 g/mol. The van der Waals surface area contributed by atoms with E-state index in [1.54, 1.807) is 0 Å². The summed E-state index contributed by atoms with van der Waals surface area (Å²) >= 11 is 0. The predicted octanol–water partition coefficient (Wildman–Crippen LogP) is 2.19. The third kappa shape index (κ3) is 1.99. The van der Waals surface area contributed by atoms with Crippen LogP contribution in [0.5, 0.6) is 0 Å². The zero-order valence-corrected chi connectivity index (χ0v) is 9.75. The maximum Gasteiger partial charge on any atom is 0.103 e. The molecular weight excluding hydrogens is 198 g/mol. The quantitative estimate of drug-likeness (QED) is 0.824. The van der Waals surface area contributed by atoms with Gasteiger partial charge in [-0.25, -0.2) is 4.98 Å². The predicted molar refractivity (Wildman–Crippen MR) is 66.3 cm³/mol. The van der Waals surface area contributed by atoms with Gasteiger partial charge in [-0.1, -0.05) is 24.3 Å². The van der Waals surface area contributed by atoms with Gasteiger partial charge in [0.15, 0.2) is 0 Å². The number of H-pyrrole nitrogens is 1. The molecule has 0 spiro atoms. The van der Waals surface area contributed by atoms with Crippen molar-refractivity contribution in [1.29, 1.82) is 0 Å². The van der Waals surface area contributed by atoms with Crippen LogP contribution in [0.3, 0.4) is 0 Å². The van der Waals surface area contributed by atoms with Gasteiger partial charge >= 0.3 is 0 Å². The molecular formula is C13H17N3. The highest BCUT2D eigenvalue weighted by Crippen LogP contribution is 2.25. The van der Waals surface area contributed by atoms with Crippen LogP contribution < -0.4 is 5.73 Å². The fourth-order valence-corrected chi connectivity index (χ4v) is 2.00. The van der Waals surface area contributed by atoms with Gasteiger partial charge in [-0.05, 0) is 32.4 Å². The monoisotopic (exact) mass is 215 g/mol. The van der Waals surface area contributed by atoms with Crippen LogP contribution in [0.15, 0.2) is 24.3 Å². The Morgan fingerprint density at radius 2 is 2.00 bits per heavy atom. The van der Waals surface area contributed by atoms with Crippen molar-refractivity contribution >= 4 is 0 Å². The van der Waals surface area contributed by atoms with E-state index in [9.17, 15) is 0 Å². The summed E-state index contributed by atoms with van der Waals surface area (Å²) in [6.45, 7) is 4.69. The SMILES string of the molecule is Cc1nc(-c2ccccc2CCN)c(C)[nH]1. The number of nitrogens with one attached hydrogen (secondary N) is 1. The number of nitrogens with two attached hydrogens (primary N) is 1. The van der Waals surface area contributed by atoms with Crippen molar-refractivity contribution in [3.63, 3.8) is 0 Å². The molecule has 0 bridgehead atoms. The minimum atomic E-state index is 0.666. The molecule has 3 N–H and O–H groups in total. The highest BCUT2D eigenvalue weighted by atomic mass is 14.9. The fourth-order valence-electron chi connectivity index (χ4n) is 2.00.